The summed E-state index contributed by atoms with van der Waals surface area (Å²) < 4.78 is 32.7. The molecule has 8 heteroatoms. The van der Waals surface area contributed by atoms with Crippen molar-refractivity contribution in [2.75, 3.05) is 25.0 Å². The van der Waals surface area contributed by atoms with Crippen LogP contribution >= 0.6 is 11.6 Å². The van der Waals surface area contributed by atoms with Crippen LogP contribution in [0.1, 0.15) is 36.8 Å². The molecule has 3 rings (SSSR count). The van der Waals surface area contributed by atoms with Crippen LogP contribution in [0.3, 0.4) is 0 Å². The lowest BCUT2D eigenvalue weighted by Gasteiger charge is -2.20. The van der Waals surface area contributed by atoms with Crippen molar-refractivity contribution < 1.29 is 17.9 Å². The van der Waals surface area contributed by atoms with Gasteiger partial charge in [0.05, 0.1) is 4.90 Å². The Morgan fingerprint density at radius 3 is 2.17 bits per heavy atom. The minimum absolute atomic E-state index is 0.158. The highest BCUT2D eigenvalue weighted by atomic mass is 35.5. The number of ether oxygens (including phenoxy) is 1. The predicted molar refractivity (Wildman–Crippen MR) is 119 cm³/mol. The summed E-state index contributed by atoms with van der Waals surface area (Å²) in [6.45, 7) is 4.71. The van der Waals surface area contributed by atoms with Crippen LogP contribution in [0.4, 0.5) is 5.69 Å². The Morgan fingerprint density at radius 2 is 1.60 bits per heavy atom. The highest BCUT2D eigenvalue weighted by Gasteiger charge is 2.25. The summed E-state index contributed by atoms with van der Waals surface area (Å²) in [5.41, 5.74) is 2.28. The van der Waals surface area contributed by atoms with Gasteiger partial charge in [0.1, 0.15) is 5.75 Å². The molecule has 1 aliphatic heterocycles. The van der Waals surface area contributed by atoms with Crippen molar-refractivity contribution in [2.24, 2.45) is 0 Å². The van der Waals surface area contributed by atoms with Gasteiger partial charge in [0.15, 0.2) is 6.61 Å². The van der Waals surface area contributed by atoms with Crippen LogP contribution in [0.15, 0.2) is 41.3 Å². The van der Waals surface area contributed by atoms with Gasteiger partial charge >= 0.3 is 0 Å². The van der Waals surface area contributed by atoms with Crippen molar-refractivity contribution in [3.63, 3.8) is 0 Å². The first kappa shape index (κ1) is 22.6. The van der Waals surface area contributed by atoms with Crippen LogP contribution < -0.4 is 10.1 Å². The van der Waals surface area contributed by atoms with Gasteiger partial charge in [-0.2, -0.15) is 4.31 Å². The van der Waals surface area contributed by atoms with Gasteiger partial charge < -0.3 is 10.1 Å². The normalized spacial score (nSPS) is 15.4. The SMILES string of the molecule is Cc1cc(OCC(=O)Nc2ccc(S(=O)(=O)N3CCCCCC3)cc2)cc(C)c1Cl. The lowest BCUT2D eigenvalue weighted by molar-refractivity contribution is -0.118. The zero-order valence-corrected chi connectivity index (χ0v) is 18.9. The predicted octanol–water partition coefficient (Wildman–Crippen LogP) is 4.54. The van der Waals surface area contributed by atoms with E-state index in [0.29, 0.717) is 29.5 Å². The number of benzene rings is 2. The van der Waals surface area contributed by atoms with Crippen LogP contribution in [0, 0.1) is 13.8 Å². The number of hydrogen-bond donors (Lipinski definition) is 1. The molecule has 0 spiro atoms. The molecule has 0 bridgehead atoms. The van der Waals surface area contributed by atoms with Crippen LogP contribution in [-0.2, 0) is 14.8 Å². The van der Waals surface area contributed by atoms with Gasteiger partial charge in [-0.15, -0.1) is 0 Å². The number of nitrogens with one attached hydrogen (secondary N) is 1. The molecular weight excluding hydrogens is 424 g/mol. The van der Waals surface area contributed by atoms with E-state index >= 15 is 0 Å². The van der Waals surface area contributed by atoms with Gasteiger partial charge in [0, 0.05) is 23.8 Å². The average Bonchev–Trinajstić information content (AvgIpc) is 3.01. The third-order valence-corrected chi connectivity index (χ3v) is 7.63. The molecule has 0 radical (unpaired) electrons. The van der Waals surface area contributed by atoms with E-state index in [0.717, 1.165) is 36.8 Å². The van der Waals surface area contributed by atoms with E-state index in [9.17, 15) is 13.2 Å². The van der Waals surface area contributed by atoms with Gasteiger partial charge in [0.25, 0.3) is 5.91 Å². The number of anilines is 1. The average molecular weight is 451 g/mol. The molecule has 162 valence electrons. The summed E-state index contributed by atoms with van der Waals surface area (Å²) in [5, 5.41) is 3.40. The molecule has 0 unspecified atom stereocenters. The molecule has 1 amide bonds. The molecule has 1 fully saturated rings. The van der Waals surface area contributed by atoms with E-state index in [1.54, 1.807) is 28.6 Å². The first-order valence-corrected chi connectivity index (χ1v) is 11.9. The third-order valence-electron chi connectivity index (χ3n) is 5.12. The summed E-state index contributed by atoms with van der Waals surface area (Å²) in [6, 6.07) is 9.82. The summed E-state index contributed by atoms with van der Waals surface area (Å²) in [6.07, 6.45) is 3.91. The molecule has 6 nitrogen and oxygen atoms in total. The lowest BCUT2D eigenvalue weighted by Crippen LogP contribution is -2.31. The second kappa shape index (κ2) is 9.81. The second-order valence-corrected chi connectivity index (χ2v) is 9.87. The van der Waals surface area contributed by atoms with Crippen LogP contribution in [0.2, 0.25) is 5.02 Å². The second-order valence-electron chi connectivity index (χ2n) is 7.55. The fourth-order valence-electron chi connectivity index (χ4n) is 3.48. The first-order chi connectivity index (χ1) is 14.3. The van der Waals surface area contributed by atoms with Gasteiger partial charge in [-0.1, -0.05) is 24.4 Å². The maximum Gasteiger partial charge on any atom is 0.262 e. The minimum Gasteiger partial charge on any atom is -0.484 e. The van der Waals surface area contributed by atoms with Crippen LogP contribution in [0.5, 0.6) is 5.75 Å². The Bertz CT molecular complexity index is 975. The molecule has 0 atom stereocenters. The van der Waals surface area contributed by atoms with Crippen molar-refractivity contribution in [3.05, 3.63) is 52.5 Å². The molecule has 1 heterocycles. The smallest absolute Gasteiger partial charge is 0.262 e. The summed E-state index contributed by atoms with van der Waals surface area (Å²) in [4.78, 5) is 12.4. The molecule has 1 saturated heterocycles. The maximum absolute atomic E-state index is 12.8. The van der Waals surface area contributed by atoms with E-state index in [1.165, 1.54) is 12.1 Å². The number of hydrogen-bond acceptors (Lipinski definition) is 4. The largest absolute Gasteiger partial charge is 0.484 e. The van der Waals surface area contributed by atoms with Gasteiger partial charge in [0.2, 0.25) is 10.0 Å². The maximum atomic E-state index is 12.8. The quantitative estimate of drug-likeness (QED) is 0.701. The number of halogens is 1. The Balaban J connectivity index is 1.59. The fraction of sp³-hybridized carbons (Fsp3) is 0.409. The first-order valence-electron chi connectivity index (χ1n) is 10.1. The Kier molecular flexibility index (Phi) is 7.39. The number of aryl methyl sites for hydroxylation is 2. The Hall–Kier alpha value is -2.09. The number of carbonyl (C=O) groups excluding carboxylic acids is 1. The molecular formula is C22H27ClN2O4S. The van der Waals surface area contributed by atoms with Gasteiger partial charge in [-0.05, 0) is 74.2 Å². The molecule has 0 aliphatic carbocycles. The van der Waals surface area contributed by atoms with E-state index in [-0.39, 0.29) is 17.4 Å². The minimum atomic E-state index is -3.50. The zero-order chi connectivity index (χ0) is 21.7. The van der Waals surface area contributed by atoms with Crippen LogP contribution in [0.25, 0.3) is 0 Å². The molecule has 30 heavy (non-hydrogen) atoms. The standard InChI is InChI=1S/C22H27ClN2O4S/c1-16-13-19(14-17(2)22(16)23)29-15-21(26)24-18-7-9-20(10-8-18)30(27,28)25-11-5-3-4-6-12-25/h7-10,13-14H,3-6,11-12,15H2,1-2H3,(H,24,26). The summed E-state index contributed by atoms with van der Waals surface area (Å²) >= 11 is 6.14. The van der Waals surface area contributed by atoms with Crippen LogP contribution in [-0.4, -0.2) is 38.3 Å². The van der Waals surface area contributed by atoms with Crippen molar-refractivity contribution in [1.29, 1.82) is 0 Å². The van der Waals surface area contributed by atoms with E-state index in [1.807, 2.05) is 13.8 Å². The lowest BCUT2D eigenvalue weighted by atomic mass is 10.1. The molecule has 2 aromatic carbocycles. The fourth-order valence-corrected chi connectivity index (χ4v) is 5.10. The highest BCUT2D eigenvalue weighted by Crippen LogP contribution is 2.26. The van der Waals surface area contributed by atoms with Crippen molar-refractivity contribution >= 4 is 33.2 Å². The molecule has 1 N–H and O–H groups in total. The van der Waals surface area contributed by atoms with E-state index in [2.05, 4.69) is 5.32 Å². The number of rotatable bonds is 6. The number of nitrogens with zero attached hydrogens (tertiary/aromatic N) is 1. The zero-order valence-electron chi connectivity index (χ0n) is 17.3. The number of amides is 1. The number of sulfonamides is 1. The Morgan fingerprint density at radius 1 is 1.03 bits per heavy atom. The molecule has 2 aromatic rings. The summed E-state index contributed by atoms with van der Waals surface area (Å²) in [7, 11) is -3.50. The highest BCUT2D eigenvalue weighted by molar-refractivity contribution is 7.89. The van der Waals surface area contributed by atoms with Crippen molar-refractivity contribution in [1.82, 2.24) is 4.31 Å². The Labute approximate surface area is 183 Å². The third kappa shape index (κ3) is 5.53. The van der Waals surface area contributed by atoms with E-state index in [4.69, 9.17) is 16.3 Å². The van der Waals surface area contributed by atoms with Crippen molar-refractivity contribution in [3.8, 4) is 5.75 Å². The molecule has 0 aromatic heterocycles. The van der Waals surface area contributed by atoms with Gasteiger partial charge in [-0.3, -0.25) is 4.79 Å². The van der Waals surface area contributed by atoms with Crippen molar-refractivity contribution in [2.45, 2.75) is 44.4 Å². The van der Waals surface area contributed by atoms with Gasteiger partial charge in [-0.25, -0.2) is 8.42 Å². The molecule has 1 aliphatic rings. The topological polar surface area (TPSA) is 75.7 Å². The number of carbonyl (C=O) groups is 1. The van der Waals surface area contributed by atoms with E-state index < -0.39 is 10.0 Å². The molecule has 0 saturated carbocycles. The summed E-state index contributed by atoms with van der Waals surface area (Å²) in [5.74, 6) is 0.242. The monoisotopic (exact) mass is 450 g/mol.